The van der Waals surface area contributed by atoms with Crippen molar-refractivity contribution in [2.24, 2.45) is 0 Å². The molecule has 10 heteroatoms. The number of nitrogens with zero attached hydrogens (tertiary/aromatic N) is 4. The summed E-state index contributed by atoms with van der Waals surface area (Å²) in [4.78, 5) is 15.3. The van der Waals surface area contributed by atoms with Crippen LogP contribution in [0.4, 0.5) is 13.2 Å². The van der Waals surface area contributed by atoms with Crippen molar-refractivity contribution < 1.29 is 27.6 Å². The Morgan fingerprint density at radius 3 is 2.31 bits per heavy atom. The number of carbonyl (C=O) groups is 1. The standard InChI is InChI=1S/C26H17F3N4O3/c27-26(28,29)21-14-19(10-11-20(21)17-4-2-1-3-5-17)24-30-23(32-36-24)18-8-6-16(7-9-18)15-33-13-12-22(31-33)25(34)35/h1-14H,15H2,(H,34,35). The van der Waals surface area contributed by atoms with Crippen molar-refractivity contribution in [3.05, 3.63) is 102 Å². The predicted molar refractivity (Wildman–Crippen MR) is 124 cm³/mol. The molecule has 5 rings (SSSR count). The van der Waals surface area contributed by atoms with Crippen LogP contribution in [0.1, 0.15) is 21.6 Å². The number of aromatic nitrogens is 4. The minimum atomic E-state index is -4.57. The molecule has 36 heavy (non-hydrogen) atoms. The molecule has 5 aromatic rings. The summed E-state index contributed by atoms with van der Waals surface area (Å²) in [5.74, 6) is -0.907. The predicted octanol–water partition coefficient (Wildman–Crippen LogP) is 6.03. The smallest absolute Gasteiger partial charge is 0.417 e. The average molecular weight is 490 g/mol. The fourth-order valence-electron chi connectivity index (χ4n) is 3.75. The second-order valence-corrected chi connectivity index (χ2v) is 7.95. The number of alkyl halides is 3. The number of carboxylic acid groups (broad SMARTS) is 1. The third kappa shape index (κ3) is 4.74. The molecule has 0 saturated carbocycles. The van der Waals surface area contributed by atoms with Gasteiger partial charge in [-0.25, -0.2) is 4.79 Å². The van der Waals surface area contributed by atoms with E-state index in [0.29, 0.717) is 17.7 Å². The fourth-order valence-corrected chi connectivity index (χ4v) is 3.75. The monoisotopic (exact) mass is 490 g/mol. The van der Waals surface area contributed by atoms with Gasteiger partial charge in [-0.15, -0.1) is 0 Å². The van der Waals surface area contributed by atoms with Crippen molar-refractivity contribution in [3.63, 3.8) is 0 Å². The third-order valence-corrected chi connectivity index (χ3v) is 5.50. The molecule has 2 aromatic heterocycles. The molecule has 0 bridgehead atoms. The molecule has 0 spiro atoms. The molecule has 0 aliphatic rings. The first-order valence-electron chi connectivity index (χ1n) is 10.7. The lowest BCUT2D eigenvalue weighted by molar-refractivity contribution is -0.137. The van der Waals surface area contributed by atoms with E-state index in [4.69, 9.17) is 9.63 Å². The highest BCUT2D eigenvalue weighted by Gasteiger charge is 2.34. The zero-order chi connectivity index (χ0) is 25.3. The minimum Gasteiger partial charge on any atom is -0.476 e. The van der Waals surface area contributed by atoms with E-state index in [9.17, 15) is 18.0 Å². The first kappa shape index (κ1) is 23.0. The SMILES string of the molecule is O=C(O)c1ccn(Cc2ccc(-c3noc(-c4ccc(-c5ccccc5)c(C(F)(F)F)c4)n3)cc2)n1. The molecule has 0 saturated heterocycles. The molecule has 3 aromatic carbocycles. The summed E-state index contributed by atoms with van der Waals surface area (Å²) < 4.78 is 48.3. The van der Waals surface area contributed by atoms with Gasteiger partial charge in [-0.2, -0.15) is 23.3 Å². The Kier molecular flexibility index (Phi) is 5.85. The summed E-state index contributed by atoms with van der Waals surface area (Å²) in [6.45, 7) is 0.360. The van der Waals surface area contributed by atoms with Gasteiger partial charge in [0.15, 0.2) is 5.69 Å². The van der Waals surface area contributed by atoms with Crippen molar-refractivity contribution in [2.75, 3.05) is 0 Å². The number of carboxylic acids is 1. The van der Waals surface area contributed by atoms with Crippen molar-refractivity contribution in [2.45, 2.75) is 12.7 Å². The van der Waals surface area contributed by atoms with Crippen LogP contribution in [-0.4, -0.2) is 31.0 Å². The summed E-state index contributed by atoms with van der Waals surface area (Å²) in [7, 11) is 0. The van der Waals surface area contributed by atoms with Gasteiger partial charge in [0.1, 0.15) is 0 Å². The van der Waals surface area contributed by atoms with Gasteiger partial charge in [0.2, 0.25) is 5.82 Å². The van der Waals surface area contributed by atoms with Gasteiger partial charge in [-0.1, -0.05) is 65.8 Å². The zero-order valence-corrected chi connectivity index (χ0v) is 18.5. The normalized spacial score (nSPS) is 11.5. The first-order chi connectivity index (χ1) is 17.3. The summed E-state index contributed by atoms with van der Waals surface area (Å²) in [6.07, 6.45) is -3.00. The van der Waals surface area contributed by atoms with Crippen molar-refractivity contribution in [1.29, 1.82) is 0 Å². The van der Waals surface area contributed by atoms with Crippen molar-refractivity contribution in [1.82, 2.24) is 19.9 Å². The van der Waals surface area contributed by atoms with Gasteiger partial charge in [0, 0.05) is 17.3 Å². The van der Waals surface area contributed by atoms with E-state index >= 15 is 0 Å². The number of halogens is 3. The Bertz CT molecular complexity index is 1520. The third-order valence-electron chi connectivity index (χ3n) is 5.50. The molecule has 0 amide bonds. The van der Waals surface area contributed by atoms with Crippen LogP contribution in [-0.2, 0) is 12.7 Å². The van der Waals surface area contributed by atoms with Crippen LogP contribution in [0.2, 0.25) is 0 Å². The van der Waals surface area contributed by atoms with Crippen LogP contribution in [0.3, 0.4) is 0 Å². The van der Waals surface area contributed by atoms with Gasteiger partial charge in [0.25, 0.3) is 5.89 Å². The maximum absolute atomic E-state index is 13.8. The van der Waals surface area contributed by atoms with E-state index in [1.54, 1.807) is 60.8 Å². The summed E-state index contributed by atoms with van der Waals surface area (Å²) >= 11 is 0. The second kappa shape index (κ2) is 9.14. The number of aromatic carboxylic acids is 1. The van der Waals surface area contributed by atoms with Crippen LogP contribution in [0.5, 0.6) is 0 Å². The molecule has 0 unspecified atom stereocenters. The van der Waals surface area contributed by atoms with E-state index in [-0.39, 0.29) is 28.5 Å². The number of hydrogen-bond donors (Lipinski definition) is 1. The van der Waals surface area contributed by atoms with Crippen LogP contribution in [0.25, 0.3) is 34.0 Å². The lowest BCUT2D eigenvalue weighted by Crippen LogP contribution is -2.07. The van der Waals surface area contributed by atoms with Crippen molar-refractivity contribution >= 4 is 5.97 Å². The zero-order valence-electron chi connectivity index (χ0n) is 18.5. The quantitative estimate of drug-likeness (QED) is 0.312. The molecular weight excluding hydrogens is 473 g/mol. The van der Waals surface area contributed by atoms with Crippen LogP contribution < -0.4 is 0 Å². The van der Waals surface area contributed by atoms with Crippen LogP contribution in [0.15, 0.2) is 89.6 Å². The molecule has 2 heterocycles. The molecule has 1 N–H and O–H groups in total. The van der Waals surface area contributed by atoms with Gasteiger partial charge in [-0.3, -0.25) is 4.68 Å². The van der Waals surface area contributed by atoms with E-state index in [1.165, 1.54) is 22.9 Å². The Morgan fingerprint density at radius 1 is 0.917 bits per heavy atom. The molecule has 0 aliphatic heterocycles. The highest BCUT2D eigenvalue weighted by molar-refractivity contribution is 5.85. The molecule has 0 fully saturated rings. The van der Waals surface area contributed by atoms with E-state index in [0.717, 1.165) is 11.6 Å². The van der Waals surface area contributed by atoms with Crippen LogP contribution in [0, 0.1) is 0 Å². The molecule has 180 valence electrons. The van der Waals surface area contributed by atoms with E-state index in [1.807, 2.05) is 0 Å². The van der Waals surface area contributed by atoms with E-state index in [2.05, 4.69) is 15.2 Å². The topological polar surface area (TPSA) is 94.0 Å². The van der Waals surface area contributed by atoms with Crippen molar-refractivity contribution in [3.8, 4) is 34.0 Å². The van der Waals surface area contributed by atoms with Gasteiger partial charge in [0.05, 0.1) is 12.1 Å². The van der Waals surface area contributed by atoms with Crippen LogP contribution >= 0.6 is 0 Å². The second-order valence-electron chi connectivity index (χ2n) is 7.95. The Morgan fingerprint density at radius 2 is 1.64 bits per heavy atom. The lowest BCUT2D eigenvalue weighted by atomic mass is 9.97. The molecule has 7 nitrogen and oxygen atoms in total. The first-order valence-corrected chi connectivity index (χ1v) is 10.7. The average Bonchev–Trinajstić information content (AvgIpc) is 3.55. The summed E-state index contributed by atoms with van der Waals surface area (Å²) in [6, 6.07) is 20.8. The molecule has 0 aliphatic carbocycles. The Balaban J connectivity index is 1.39. The maximum Gasteiger partial charge on any atom is 0.417 e. The largest absolute Gasteiger partial charge is 0.476 e. The Labute approximate surface area is 202 Å². The number of benzene rings is 3. The number of hydrogen-bond acceptors (Lipinski definition) is 5. The molecule has 0 radical (unpaired) electrons. The minimum absolute atomic E-state index is 0.0306. The molecule has 0 atom stereocenters. The summed E-state index contributed by atoms with van der Waals surface area (Å²) in [5.41, 5.74) is 1.31. The van der Waals surface area contributed by atoms with Gasteiger partial charge >= 0.3 is 12.1 Å². The van der Waals surface area contributed by atoms with Gasteiger partial charge in [-0.05, 0) is 34.9 Å². The lowest BCUT2D eigenvalue weighted by Gasteiger charge is -2.14. The molecular formula is C26H17F3N4O3. The summed E-state index contributed by atoms with van der Waals surface area (Å²) in [5, 5.41) is 16.9. The Hall–Kier alpha value is -4.73. The van der Waals surface area contributed by atoms with Gasteiger partial charge < -0.3 is 9.63 Å². The maximum atomic E-state index is 13.8. The fraction of sp³-hybridized carbons (Fsp3) is 0.0769. The highest BCUT2D eigenvalue weighted by atomic mass is 19.4. The highest BCUT2D eigenvalue weighted by Crippen LogP contribution is 2.39. The number of rotatable bonds is 6. The van der Waals surface area contributed by atoms with E-state index < -0.39 is 17.7 Å².